The Kier molecular flexibility index (Phi) is 4.00. The Labute approximate surface area is 154 Å². The van der Waals surface area contributed by atoms with E-state index in [4.69, 9.17) is 0 Å². The van der Waals surface area contributed by atoms with Crippen molar-refractivity contribution in [3.8, 4) is 28.6 Å². The molecule has 4 aromatic rings. The van der Waals surface area contributed by atoms with Crippen molar-refractivity contribution in [3.63, 3.8) is 0 Å². The van der Waals surface area contributed by atoms with Crippen LogP contribution in [0.5, 0.6) is 0 Å². The highest BCUT2D eigenvalue weighted by atomic mass is 19.4. The van der Waals surface area contributed by atoms with E-state index in [1.165, 1.54) is 36.7 Å². The van der Waals surface area contributed by atoms with E-state index in [9.17, 15) is 22.8 Å². The maximum Gasteiger partial charge on any atom is 0.435 e. The van der Waals surface area contributed by atoms with Crippen molar-refractivity contribution >= 4 is 5.78 Å². The van der Waals surface area contributed by atoms with Crippen LogP contribution in [0.2, 0.25) is 0 Å². The molecule has 0 fully saturated rings. The van der Waals surface area contributed by atoms with E-state index in [-0.39, 0.29) is 22.6 Å². The molecule has 0 aliphatic carbocycles. The molecule has 6 nitrogen and oxygen atoms in total. The predicted molar refractivity (Wildman–Crippen MR) is 89.1 cm³/mol. The summed E-state index contributed by atoms with van der Waals surface area (Å²) < 4.78 is 53.9. The fraction of sp³-hybridized carbons (Fsp3) is 0.0556. The van der Waals surface area contributed by atoms with Gasteiger partial charge in [-0.15, -0.1) is 0 Å². The predicted octanol–water partition coefficient (Wildman–Crippen LogP) is 3.88. The zero-order valence-corrected chi connectivity index (χ0v) is 13.8. The summed E-state index contributed by atoms with van der Waals surface area (Å²) in [5.74, 6) is -0.843. The van der Waals surface area contributed by atoms with Crippen molar-refractivity contribution in [2.24, 2.45) is 0 Å². The van der Waals surface area contributed by atoms with Gasteiger partial charge in [0, 0.05) is 17.3 Å². The van der Waals surface area contributed by atoms with Crippen LogP contribution in [0.3, 0.4) is 0 Å². The van der Waals surface area contributed by atoms with E-state index < -0.39 is 17.7 Å². The van der Waals surface area contributed by atoms with Crippen LogP contribution in [0.15, 0.2) is 48.9 Å². The Morgan fingerprint density at radius 2 is 1.89 bits per heavy atom. The number of nitrogens with zero attached hydrogens (tertiary/aromatic N) is 6. The monoisotopic (exact) mass is 384 g/mol. The number of fused-ring (bicyclic) bond motifs is 1. The Morgan fingerprint density at radius 1 is 1.07 bits per heavy atom. The second-order valence-electron chi connectivity index (χ2n) is 5.70. The largest absolute Gasteiger partial charge is 0.435 e. The van der Waals surface area contributed by atoms with Gasteiger partial charge in [-0.2, -0.15) is 28.0 Å². The van der Waals surface area contributed by atoms with E-state index >= 15 is 0 Å². The second kappa shape index (κ2) is 6.38. The number of halogens is 4. The van der Waals surface area contributed by atoms with E-state index in [1.54, 1.807) is 6.07 Å². The molecule has 0 atom stereocenters. The van der Waals surface area contributed by atoms with Crippen molar-refractivity contribution in [2.75, 3.05) is 0 Å². The first-order valence-electron chi connectivity index (χ1n) is 7.82. The molecule has 3 heterocycles. The van der Waals surface area contributed by atoms with Crippen LogP contribution in [0, 0.1) is 17.1 Å². The Morgan fingerprint density at radius 3 is 2.64 bits per heavy atom. The van der Waals surface area contributed by atoms with Crippen LogP contribution in [-0.4, -0.2) is 24.6 Å². The number of alkyl halides is 3. The minimum Gasteiger partial charge on any atom is -0.255 e. The van der Waals surface area contributed by atoms with Gasteiger partial charge in [0.15, 0.2) is 5.69 Å². The van der Waals surface area contributed by atoms with E-state index in [1.807, 2.05) is 6.07 Å². The first kappa shape index (κ1) is 17.5. The van der Waals surface area contributed by atoms with Crippen molar-refractivity contribution in [2.45, 2.75) is 6.18 Å². The highest BCUT2D eigenvalue weighted by Crippen LogP contribution is 2.31. The lowest BCUT2D eigenvalue weighted by Gasteiger charge is -2.08. The molecule has 0 bridgehead atoms. The standard InChI is InChI=1S/C18H8F4N6/c19-13-4-3-10(6-12(13)16-11(7-23)2-1-5-24-16)14-8-25-17-27-15(18(20,21)22)9-26-28(14)17/h1-6,8-9H. The molecule has 0 aliphatic rings. The molecule has 28 heavy (non-hydrogen) atoms. The van der Waals surface area contributed by atoms with Gasteiger partial charge in [0.05, 0.1) is 29.3 Å². The summed E-state index contributed by atoms with van der Waals surface area (Å²) in [6.07, 6.45) is -1.33. The zero-order valence-electron chi connectivity index (χ0n) is 13.8. The first-order valence-corrected chi connectivity index (χ1v) is 7.82. The lowest BCUT2D eigenvalue weighted by Crippen LogP contribution is -2.11. The van der Waals surface area contributed by atoms with Crippen LogP contribution >= 0.6 is 0 Å². The van der Waals surface area contributed by atoms with Gasteiger partial charge in [0.25, 0.3) is 5.78 Å². The minimum atomic E-state index is -4.64. The number of benzene rings is 1. The first-order chi connectivity index (χ1) is 13.4. The average Bonchev–Trinajstić information content (AvgIpc) is 3.11. The summed E-state index contributed by atoms with van der Waals surface area (Å²) >= 11 is 0. The number of rotatable bonds is 2. The fourth-order valence-corrected chi connectivity index (χ4v) is 2.68. The summed E-state index contributed by atoms with van der Waals surface area (Å²) in [5, 5.41) is 13.0. The average molecular weight is 384 g/mol. The quantitative estimate of drug-likeness (QED) is 0.490. The number of hydrogen-bond donors (Lipinski definition) is 0. The zero-order chi connectivity index (χ0) is 19.9. The lowest BCUT2D eigenvalue weighted by molar-refractivity contribution is -0.141. The molecule has 0 spiro atoms. The van der Waals surface area contributed by atoms with Crippen molar-refractivity contribution in [1.82, 2.24) is 24.6 Å². The van der Waals surface area contributed by atoms with Crippen LogP contribution in [0.1, 0.15) is 11.3 Å². The molecule has 0 N–H and O–H groups in total. The van der Waals surface area contributed by atoms with E-state index in [2.05, 4.69) is 20.1 Å². The van der Waals surface area contributed by atoms with Crippen LogP contribution in [0.4, 0.5) is 17.6 Å². The molecule has 138 valence electrons. The Bertz CT molecular complexity index is 1240. The number of pyridine rings is 1. The lowest BCUT2D eigenvalue weighted by atomic mass is 10.0. The van der Waals surface area contributed by atoms with Gasteiger partial charge in [-0.3, -0.25) is 4.98 Å². The van der Waals surface area contributed by atoms with Gasteiger partial charge in [-0.1, -0.05) is 0 Å². The molecule has 3 aromatic heterocycles. The molecule has 0 aliphatic heterocycles. The number of aromatic nitrogens is 5. The molecule has 1 aromatic carbocycles. The van der Waals surface area contributed by atoms with Crippen molar-refractivity contribution in [1.29, 1.82) is 5.26 Å². The summed E-state index contributed by atoms with van der Waals surface area (Å²) in [5.41, 5.74) is -0.0112. The smallest absolute Gasteiger partial charge is 0.255 e. The van der Waals surface area contributed by atoms with Crippen molar-refractivity contribution < 1.29 is 17.6 Å². The Hall–Kier alpha value is -3.87. The topological polar surface area (TPSA) is 79.8 Å². The third-order valence-corrected chi connectivity index (χ3v) is 3.97. The maximum absolute atomic E-state index is 14.4. The molecule has 0 saturated carbocycles. The summed E-state index contributed by atoms with van der Waals surface area (Å²) in [6, 6.07) is 9.05. The molecular weight excluding hydrogens is 376 g/mol. The normalized spacial score (nSPS) is 11.5. The molecule has 0 unspecified atom stereocenters. The summed E-state index contributed by atoms with van der Waals surface area (Å²) in [6.45, 7) is 0. The summed E-state index contributed by atoms with van der Waals surface area (Å²) in [4.78, 5) is 11.4. The van der Waals surface area contributed by atoms with Gasteiger partial charge in [0.1, 0.15) is 11.9 Å². The third kappa shape index (κ3) is 2.92. The van der Waals surface area contributed by atoms with Gasteiger partial charge in [0.2, 0.25) is 0 Å². The van der Waals surface area contributed by atoms with Gasteiger partial charge < -0.3 is 0 Å². The highest BCUT2D eigenvalue weighted by molar-refractivity contribution is 5.73. The molecule has 10 heteroatoms. The SMILES string of the molecule is N#Cc1cccnc1-c1cc(-c2cnc3nc(C(F)(F)F)cnn23)ccc1F. The molecular formula is C18H8F4N6. The Balaban J connectivity index is 1.86. The van der Waals surface area contributed by atoms with Crippen LogP contribution < -0.4 is 0 Å². The molecule has 0 saturated heterocycles. The van der Waals surface area contributed by atoms with Crippen molar-refractivity contribution in [3.05, 3.63) is 66.0 Å². The molecule has 4 rings (SSSR count). The summed E-state index contributed by atoms with van der Waals surface area (Å²) in [7, 11) is 0. The van der Waals surface area contributed by atoms with Gasteiger partial charge in [-0.25, -0.2) is 14.4 Å². The highest BCUT2D eigenvalue weighted by Gasteiger charge is 2.33. The van der Waals surface area contributed by atoms with Crippen LogP contribution in [0.25, 0.3) is 28.3 Å². The van der Waals surface area contributed by atoms with Crippen LogP contribution in [-0.2, 0) is 6.18 Å². The van der Waals surface area contributed by atoms with Gasteiger partial charge >= 0.3 is 6.18 Å². The van der Waals surface area contributed by atoms with E-state index in [0.717, 1.165) is 4.52 Å². The molecule has 0 amide bonds. The second-order valence-corrected chi connectivity index (χ2v) is 5.70. The number of nitriles is 1. The number of hydrogen-bond acceptors (Lipinski definition) is 5. The fourth-order valence-electron chi connectivity index (χ4n) is 2.68. The molecule has 0 radical (unpaired) electrons. The maximum atomic E-state index is 14.4. The minimum absolute atomic E-state index is 0.0736. The third-order valence-electron chi connectivity index (χ3n) is 3.97. The number of imidazole rings is 1. The van der Waals surface area contributed by atoms with Gasteiger partial charge in [-0.05, 0) is 30.3 Å². The van der Waals surface area contributed by atoms with E-state index in [0.29, 0.717) is 17.5 Å².